The van der Waals surface area contributed by atoms with Gasteiger partial charge in [0, 0.05) is 38.9 Å². The number of hydrogen-bond acceptors (Lipinski definition) is 6. The van der Waals surface area contributed by atoms with Crippen LogP contribution in [0.4, 0.5) is 0 Å². The van der Waals surface area contributed by atoms with Gasteiger partial charge in [0.05, 0.1) is 16.8 Å². The molecule has 0 unspecified atom stereocenters. The first-order valence-corrected chi connectivity index (χ1v) is 9.10. The molecule has 114 valence electrons. The summed E-state index contributed by atoms with van der Waals surface area (Å²) in [5, 5.41) is 10.8. The Hall–Kier alpha value is -1.06. The predicted molar refractivity (Wildman–Crippen MR) is 81.9 cm³/mol. The lowest BCUT2D eigenvalue weighted by atomic mass is 10.4. The van der Waals surface area contributed by atoms with Crippen molar-refractivity contribution in [1.82, 2.24) is 14.2 Å². The van der Waals surface area contributed by atoms with Crippen LogP contribution in [0.2, 0.25) is 0 Å². The van der Waals surface area contributed by atoms with Crippen molar-refractivity contribution in [1.29, 1.82) is 0 Å². The number of thiophene rings is 1. The van der Waals surface area contributed by atoms with Crippen LogP contribution in [-0.4, -0.2) is 67.0 Å². The molecule has 0 bridgehead atoms. The standard InChI is InChI=1S/C13H17N3O3S2/c17-7-6-15-2-4-16(5-3-15)21(18,19)11-9-13-12(14-10-11)1-8-20-13/h1,8-10,17H,2-7H2. The molecule has 0 spiro atoms. The lowest BCUT2D eigenvalue weighted by Crippen LogP contribution is -2.49. The van der Waals surface area contributed by atoms with Gasteiger partial charge in [-0.15, -0.1) is 11.3 Å². The predicted octanol–water partition coefficient (Wildman–Crippen LogP) is 0.595. The molecule has 0 radical (unpaired) electrons. The van der Waals surface area contributed by atoms with Gasteiger partial charge in [-0.25, -0.2) is 8.42 Å². The zero-order chi connectivity index (χ0) is 14.9. The van der Waals surface area contributed by atoms with Crippen molar-refractivity contribution in [2.24, 2.45) is 0 Å². The van der Waals surface area contributed by atoms with E-state index in [4.69, 9.17) is 5.11 Å². The third-order valence-electron chi connectivity index (χ3n) is 3.66. The Morgan fingerprint density at radius 3 is 2.76 bits per heavy atom. The quantitative estimate of drug-likeness (QED) is 0.890. The molecular formula is C13H17N3O3S2. The second kappa shape index (κ2) is 5.98. The van der Waals surface area contributed by atoms with Gasteiger partial charge in [-0.2, -0.15) is 4.31 Å². The molecule has 1 aliphatic rings. The second-order valence-electron chi connectivity index (χ2n) is 4.94. The number of pyridine rings is 1. The highest BCUT2D eigenvalue weighted by Gasteiger charge is 2.28. The molecule has 6 nitrogen and oxygen atoms in total. The molecule has 0 aromatic carbocycles. The topological polar surface area (TPSA) is 73.7 Å². The summed E-state index contributed by atoms with van der Waals surface area (Å²) in [7, 11) is -3.48. The summed E-state index contributed by atoms with van der Waals surface area (Å²) in [5.41, 5.74) is 0.826. The van der Waals surface area contributed by atoms with Crippen LogP contribution in [0.1, 0.15) is 0 Å². The van der Waals surface area contributed by atoms with E-state index in [-0.39, 0.29) is 11.5 Å². The Labute approximate surface area is 127 Å². The van der Waals surface area contributed by atoms with E-state index in [0.717, 1.165) is 10.2 Å². The zero-order valence-electron chi connectivity index (χ0n) is 11.5. The summed E-state index contributed by atoms with van der Waals surface area (Å²) in [5.74, 6) is 0. The molecule has 0 amide bonds. The smallest absolute Gasteiger partial charge is 0.244 e. The first-order chi connectivity index (χ1) is 10.1. The van der Waals surface area contributed by atoms with Crippen molar-refractivity contribution < 1.29 is 13.5 Å². The average molecular weight is 327 g/mol. The van der Waals surface area contributed by atoms with Crippen LogP contribution in [0.3, 0.4) is 0 Å². The third kappa shape index (κ3) is 2.95. The average Bonchev–Trinajstić information content (AvgIpc) is 2.95. The molecule has 0 atom stereocenters. The minimum atomic E-state index is -3.48. The highest BCUT2D eigenvalue weighted by molar-refractivity contribution is 7.89. The molecule has 0 aliphatic carbocycles. The van der Waals surface area contributed by atoms with Crippen molar-refractivity contribution in [3.8, 4) is 0 Å². The van der Waals surface area contributed by atoms with E-state index in [0.29, 0.717) is 32.7 Å². The van der Waals surface area contributed by atoms with Crippen LogP contribution >= 0.6 is 11.3 Å². The number of aliphatic hydroxyl groups is 1. The maximum absolute atomic E-state index is 12.6. The van der Waals surface area contributed by atoms with Gasteiger partial charge in [-0.3, -0.25) is 9.88 Å². The normalized spacial score (nSPS) is 18.3. The van der Waals surface area contributed by atoms with E-state index in [9.17, 15) is 8.42 Å². The number of sulfonamides is 1. The fourth-order valence-electron chi connectivity index (χ4n) is 2.45. The van der Waals surface area contributed by atoms with Crippen LogP contribution in [0.25, 0.3) is 10.2 Å². The number of aromatic nitrogens is 1. The Kier molecular flexibility index (Phi) is 4.23. The van der Waals surface area contributed by atoms with Crippen molar-refractivity contribution >= 4 is 31.6 Å². The minimum Gasteiger partial charge on any atom is -0.395 e. The first kappa shape index (κ1) is 14.9. The van der Waals surface area contributed by atoms with Gasteiger partial charge in [0.15, 0.2) is 0 Å². The van der Waals surface area contributed by atoms with Crippen molar-refractivity contribution in [2.75, 3.05) is 39.3 Å². The Morgan fingerprint density at radius 2 is 2.05 bits per heavy atom. The van der Waals surface area contributed by atoms with E-state index >= 15 is 0 Å². The van der Waals surface area contributed by atoms with Crippen molar-refractivity contribution in [3.05, 3.63) is 23.7 Å². The highest BCUT2D eigenvalue weighted by Crippen LogP contribution is 2.24. The SMILES string of the molecule is O=S(=O)(c1cnc2ccsc2c1)N1CCN(CCO)CC1. The number of piperazine rings is 1. The molecular weight excluding hydrogens is 310 g/mol. The van der Waals surface area contributed by atoms with E-state index in [1.54, 1.807) is 6.07 Å². The molecule has 2 aromatic rings. The Bertz CT molecular complexity index is 721. The molecule has 21 heavy (non-hydrogen) atoms. The highest BCUT2D eigenvalue weighted by atomic mass is 32.2. The summed E-state index contributed by atoms with van der Waals surface area (Å²) in [4.78, 5) is 6.53. The molecule has 1 saturated heterocycles. The number of fused-ring (bicyclic) bond motifs is 1. The second-order valence-corrected chi connectivity index (χ2v) is 7.83. The fourth-order valence-corrected chi connectivity index (χ4v) is 4.70. The molecule has 1 N–H and O–H groups in total. The van der Waals surface area contributed by atoms with Crippen LogP contribution in [0.15, 0.2) is 28.6 Å². The van der Waals surface area contributed by atoms with Crippen molar-refractivity contribution in [2.45, 2.75) is 4.90 Å². The van der Waals surface area contributed by atoms with Gasteiger partial charge >= 0.3 is 0 Å². The summed E-state index contributed by atoms with van der Waals surface area (Å²) >= 11 is 1.49. The minimum absolute atomic E-state index is 0.103. The number of nitrogens with zero attached hydrogens (tertiary/aromatic N) is 3. The molecule has 1 aliphatic heterocycles. The Morgan fingerprint density at radius 1 is 1.29 bits per heavy atom. The molecule has 1 fully saturated rings. The summed E-state index contributed by atoms with van der Waals surface area (Å²) in [6.07, 6.45) is 1.44. The Balaban J connectivity index is 1.80. The molecule has 2 aromatic heterocycles. The van der Waals surface area contributed by atoms with Gasteiger partial charge in [-0.1, -0.05) is 0 Å². The van der Waals surface area contributed by atoms with Gasteiger partial charge < -0.3 is 5.11 Å². The molecule has 3 rings (SSSR count). The van der Waals surface area contributed by atoms with E-state index in [2.05, 4.69) is 9.88 Å². The molecule has 3 heterocycles. The maximum Gasteiger partial charge on any atom is 0.244 e. The molecule has 0 saturated carbocycles. The monoisotopic (exact) mass is 327 g/mol. The maximum atomic E-state index is 12.6. The van der Waals surface area contributed by atoms with E-state index in [1.165, 1.54) is 21.8 Å². The van der Waals surface area contributed by atoms with Gasteiger partial charge in [0.25, 0.3) is 0 Å². The van der Waals surface area contributed by atoms with Gasteiger partial charge in [0.1, 0.15) is 4.90 Å². The fraction of sp³-hybridized carbons (Fsp3) is 0.462. The van der Waals surface area contributed by atoms with Crippen LogP contribution < -0.4 is 0 Å². The van der Waals surface area contributed by atoms with Crippen LogP contribution in [-0.2, 0) is 10.0 Å². The molecule has 8 heteroatoms. The van der Waals surface area contributed by atoms with E-state index < -0.39 is 10.0 Å². The lowest BCUT2D eigenvalue weighted by Gasteiger charge is -2.33. The number of hydrogen-bond donors (Lipinski definition) is 1. The van der Waals surface area contributed by atoms with Gasteiger partial charge in [0.2, 0.25) is 10.0 Å². The lowest BCUT2D eigenvalue weighted by molar-refractivity contribution is 0.151. The van der Waals surface area contributed by atoms with Gasteiger partial charge in [-0.05, 0) is 17.5 Å². The summed E-state index contributed by atoms with van der Waals surface area (Å²) in [6.45, 7) is 2.89. The van der Waals surface area contributed by atoms with E-state index in [1.807, 2.05) is 11.4 Å². The number of aliphatic hydroxyl groups excluding tert-OH is 1. The number of β-amino-alcohol motifs (C(OH)–C–C–N with tert-alkyl or cyclic N) is 1. The van der Waals surface area contributed by atoms with Crippen LogP contribution in [0.5, 0.6) is 0 Å². The zero-order valence-corrected chi connectivity index (χ0v) is 13.1. The largest absolute Gasteiger partial charge is 0.395 e. The van der Waals surface area contributed by atoms with Crippen LogP contribution in [0, 0.1) is 0 Å². The third-order valence-corrected chi connectivity index (χ3v) is 6.38. The summed E-state index contributed by atoms with van der Waals surface area (Å²) < 4.78 is 27.7. The number of rotatable bonds is 4. The van der Waals surface area contributed by atoms with Crippen molar-refractivity contribution in [3.63, 3.8) is 0 Å². The first-order valence-electron chi connectivity index (χ1n) is 6.78. The summed E-state index contributed by atoms with van der Waals surface area (Å²) in [6, 6.07) is 3.58.